The first kappa shape index (κ1) is 83.2. The summed E-state index contributed by atoms with van der Waals surface area (Å²) in [6, 6.07) is 37.7. The molecular formula is C88H94F4N18O4S4. The van der Waals surface area contributed by atoms with Gasteiger partial charge in [0, 0.05) is 137 Å². The van der Waals surface area contributed by atoms with Crippen LogP contribution in [0.3, 0.4) is 0 Å². The highest BCUT2D eigenvalue weighted by Gasteiger charge is 2.30. The summed E-state index contributed by atoms with van der Waals surface area (Å²) in [6.45, 7) is 23.1. The van der Waals surface area contributed by atoms with E-state index in [1.165, 1.54) is 66.4 Å². The van der Waals surface area contributed by atoms with Gasteiger partial charge in [0.1, 0.15) is 49.4 Å². The molecule has 0 spiro atoms. The smallest absolute Gasteiger partial charge is 0.244 e. The molecule has 4 aliphatic rings. The minimum absolute atomic E-state index is 0.0141. The summed E-state index contributed by atoms with van der Waals surface area (Å²) in [5, 5.41) is 22.0. The molecule has 0 aliphatic carbocycles. The van der Waals surface area contributed by atoms with Crippen LogP contribution in [0.4, 0.5) is 27.8 Å². The highest BCUT2D eigenvalue weighted by Crippen LogP contribution is 2.34. The fourth-order valence-electron chi connectivity index (χ4n) is 15.1. The largest absolute Gasteiger partial charge is 0.375 e. The van der Waals surface area contributed by atoms with Gasteiger partial charge in [-0.3, -0.25) is 37.9 Å². The number of nitrogen functional groups attached to an aromatic ring is 2. The number of aromatic nitrogens is 12. The van der Waals surface area contributed by atoms with Crippen LogP contribution in [0.5, 0.6) is 0 Å². The van der Waals surface area contributed by atoms with E-state index >= 15 is 0 Å². The number of thiazole rings is 4. The van der Waals surface area contributed by atoms with Crippen molar-refractivity contribution >= 4 is 79.2 Å². The van der Waals surface area contributed by atoms with Crippen LogP contribution < -0.4 is 11.5 Å². The Kier molecular flexibility index (Phi) is 25.8. The van der Waals surface area contributed by atoms with Gasteiger partial charge >= 0.3 is 0 Å². The lowest BCUT2D eigenvalue weighted by molar-refractivity contribution is -0.133. The average molecular weight is 1670 g/mol. The summed E-state index contributed by atoms with van der Waals surface area (Å²) < 4.78 is 61.6. The quantitative estimate of drug-likeness (QED) is 0.0853. The van der Waals surface area contributed by atoms with Crippen molar-refractivity contribution in [2.24, 2.45) is 0 Å². The van der Waals surface area contributed by atoms with Crippen LogP contribution >= 0.6 is 45.3 Å². The summed E-state index contributed by atoms with van der Waals surface area (Å²) >= 11 is 6.42. The fourth-order valence-corrected chi connectivity index (χ4v) is 18.7. The number of amides is 4. The van der Waals surface area contributed by atoms with Gasteiger partial charge in [0.25, 0.3) is 0 Å². The van der Waals surface area contributed by atoms with Gasteiger partial charge in [-0.1, -0.05) is 51.1 Å². The van der Waals surface area contributed by atoms with Crippen LogP contribution in [0.25, 0.3) is 56.3 Å². The first-order valence-electron chi connectivity index (χ1n) is 39.7. The molecule has 5 aromatic carbocycles. The van der Waals surface area contributed by atoms with E-state index in [0.717, 1.165) is 158 Å². The van der Waals surface area contributed by atoms with Gasteiger partial charge in [-0.15, -0.1) is 45.3 Å². The van der Waals surface area contributed by atoms with Gasteiger partial charge < -0.3 is 31.1 Å². The molecule has 30 heteroatoms. The molecular weight excluding hydrogens is 1580 g/mol. The second-order valence-corrected chi connectivity index (χ2v) is 34.6. The van der Waals surface area contributed by atoms with Gasteiger partial charge in [0.05, 0.1) is 74.4 Å². The number of halogens is 4. The third-order valence-electron chi connectivity index (χ3n) is 21.6. The molecule has 0 saturated heterocycles. The average Bonchev–Trinajstić information content (AvgIpc) is 1.70. The summed E-state index contributed by atoms with van der Waals surface area (Å²) in [4.78, 5) is 82.2. The molecule has 4 amide bonds. The molecule has 17 rings (SSSR count). The molecule has 4 aliphatic heterocycles. The van der Waals surface area contributed by atoms with E-state index in [1.54, 1.807) is 118 Å². The Morgan fingerprint density at radius 2 is 0.669 bits per heavy atom. The zero-order chi connectivity index (χ0) is 83.2. The lowest BCUT2D eigenvalue weighted by Gasteiger charge is -2.20. The molecule has 612 valence electrons. The van der Waals surface area contributed by atoms with Crippen molar-refractivity contribution in [3.8, 4) is 56.3 Å². The number of rotatable bonds is 16. The number of carbonyl (C=O) groups is 4. The molecule has 118 heavy (non-hydrogen) atoms. The van der Waals surface area contributed by atoms with E-state index in [1.807, 2.05) is 102 Å². The van der Waals surface area contributed by atoms with E-state index in [2.05, 4.69) is 42.2 Å². The zero-order valence-corrected chi connectivity index (χ0v) is 70.8. The van der Waals surface area contributed by atoms with Crippen molar-refractivity contribution in [1.29, 1.82) is 0 Å². The molecule has 22 nitrogen and oxygen atoms in total. The molecule has 0 atom stereocenters. The van der Waals surface area contributed by atoms with Crippen LogP contribution in [0.15, 0.2) is 127 Å². The van der Waals surface area contributed by atoms with E-state index in [0.29, 0.717) is 90.4 Å². The number of hydrogen-bond acceptors (Lipinski definition) is 18. The monoisotopic (exact) mass is 1670 g/mol. The lowest BCUT2D eigenvalue weighted by Crippen LogP contribution is -2.36. The summed E-state index contributed by atoms with van der Waals surface area (Å²) in [6.07, 6.45) is 6.98. The summed E-state index contributed by atoms with van der Waals surface area (Å²) in [5.74, 6) is -0.748. The molecule has 0 radical (unpaired) electrons. The highest BCUT2D eigenvalue weighted by atomic mass is 32.1. The Balaban J connectivity index is 0.000000130. The number of aryl methyl sites for hydroxylation is 9. The maximum atomic E-state index is 13.8. The van der Waals surface area contributed by atoms with Crippen molar-refractivity contribution in [2.45, 2.75) is 159 Å². The Morgan fingerprint density at radius 3 is 1.04 bits per heavy atom. The van der Waals surface area contributed by atoms with Crippen molar-refractivity contribution in [1.82, 2.24) is 78.7 Å². The fraction of sp³-hybridized carbons (Fsp3) is 0.341. The Labute approximate surface area is 698 Å². The molecule has 0 unspecified atom stereocenters. The van der Waals surface area contributed by atoms with Crippen LogP contribution in [0.2, 0.25) is 0 Å². The summed E-state index contributed by atoms with van der Waals surface area (Å²) in [7, 11) is 0. The van der Waals surface area contributed by atoms with Crippen molar-refractivity contribution in [3.63, 3.8) is 0 Å². The molecule has 8 aromatic heterocycles. The Hall–Kier alpha value is -11.3. The lowest BCUT2D eigenvalue weighted by atomic mass is 10.1. The minimum Gasteiger partial charge on any atom is -0.375 e. The zero-order valence-electron chi connectivity index (χ0n) is 67.6. The van der Waals surface area contributed by atoms with E-state index in [-0.39, 0.29) is 73.1 Å². The van der Waals surface area contributed by atoms with Crippen LogP contribution in [-0.2, 0) is 116 Å². The number of benzene rings is 5. The number of nitrogens with zero attached hydrogens (tertiary/aromatic N) is 16. The van der Waals surface area contributed by atoms with Crippen molar-refractivity contribution in [2.75, 3.05) is 50.7 Å². The number of hydrogen-bond donors (Lipinski definition) is 2. The number of carbonyl (C=O) groups excluding carboxylic acids is 4. The first-order valence-corrected chi connectivity index (χ1v) is 43.0. The number of fused-ring (bicyclic) bond motifs is 4. The normalized spacial score (nSPS) is 13.7. The van der Waals surface area contributed by atoms with E-state index in [4.69, 9.17) is 16.6 Å². The van der Waals surface area contributed by atoms with Gasteiger partial charge in [0.15, 0.2) is 10.3 Å². The molecule has 4 N–H and O–H groups in total. The molecule has 0 fully saturated rings. The van der Waals surface area contributed by atoms with E-state index < -0.39 is 0 Å². The Morgan fingerprint density at radius 1 is 0.347 bits per heavy atom. The van der Waals surface area contributed by atoms with E-state index in [9.17, 15) is 36.7 Å². The number of anilines is 2. The SMILES string of the molecule is CCc1cc(-c2ccc(F)c(C)c2)nn1CC(=O)N1CCc2nc(C)sc2CC1.CCc1cc(-c2ccc(F)c(C)c2)nn1CC(=O)N1CCc2nc(N)sc2CC1.CCc1cc(-c2ccc(F)c(C)c2)nn1CC(=O)N1Cc2nc(C)sc2C1.Cc1cc(-c2cc(-c3ccccc3)n(CC(=O)N3CCc4nc(N)sc4CC3)n2)ccc1F. The number of nitrogens with two attached hydrogens (primary N) is 2. The molecule has 0 bridgehead atoms. The van der Waals surface area contributed by atoms with Gasteiger partial charge in [-0.05, 0) is 186 Å². The third-order valence-corrected chi connectivity index (χ3v) is 25.7. The standard InChI is InChI=1S/C25H24FN5OS.C22H25FN4OS.C21H24FN5OS.C20H21FN4OS/c1-16-13-18(7-8-19(16)26)21-14-22(17-5-3-2-4-6-17)31(29-21)15-24(32)30-11-9-20-23(10-12-30)33-25(27)28-20;1-4-17-12-20(16-5-6-18(23)14(2)11-16)25-27(17)13-22(28)26-9-7-19-21(8-10-26)29-15(3)24-19;1-3-15-11-18(14-4-5-16(22)13(2)10-14)25-27(15)12-20(28)26-8-6-17-19(7-9-26)29-21(23)24-17;1-4-15-8-17(14-5-6-16(21)12(2)7-14)23-25(15)11-20(26)24-9-18-19(10-24)27-13(3)22-18/h2-8,13-14H,9-12,15H2,1H3,(H2,27,28);5-6,11-12H,4,7-10,13H2,1-3H3;4-5,10-11H,3,6-9,12H2,1-2H3,(H2,23,24);5-8H,4,9-11H2,1-3H3. The molecule has 12 heterocycles. The van der Waals surface area contributed by atoms with Gasteiger partial charge in [-0.25, -0.2) is 37.5 Å². The van der Waals surface area contributed by atoms with Crippen LogP contribution in [-0.4, -0.2) is 142 Å². The highest BCUT2D eigenvalue weighted by molar-refractivity contribution is 7.15. The van der Waals surface area contributed by atoms with Crippen molar-refractivity contribution < 1.29 is 36.7 Å². The van der Waals surface area contributed by atoms with Crippen molar-refractivity contribution in [3.05, 3.63) is 242 Å². The van der Waals surface area contributed by atoms with Gasteiger partial charge in [0.2, 0.25) is 23.6 Å². The predicted octanol–water partition coefficient (Wildman–Crippen LogP) is 15.4. The third kappa shape index (κ3) is 19.4. The predicted molar refractivity (Wildman–Crippen MR) is 456 cm³/mol. The maximum absolute atomic E-state index is 13.8. The Bertz CT molecular complexity index is 5580. The molecule has 13 aromatic rings. The van der Waals surface area contributed by atoms with Crippen LogP contribution in [0, 0.1) is 64.8 Å². The first-order chi connectivity index (χ1) is 56.8. The van der Waals surface area contributed by atoms with Crippen LogP contribution in [0.1, 0.15) is 112 Å². The second kappa shape index (κ2) is 36.7. The topological polar surface area (TPSA) is 256 Å². The minimum atomic E-state index is -0.248. The summed E-state index contributed by atoms with van der Waals surface area (Å²) in [5.41, 5.74) is 29.4. The maximum Gasteiger partial charge on any atom is 0.244 e. The van der Waals surface area contributed by atoms with Gasteiger partial charge in [-0.2, -0.15) is 20.4 Å². The molecule has 0 saturated carbocycles. The second-order valence-electron chi connectivity index (χ2n) is 29.8.